The summed E-state index contributed by atoms with van der Waals surface area (Å²) >= 11 is 0. The van der Waals surface area contributed by atoms with Crippen molar-refractivity contribution in [3.8, 4) is 0 Å². The van der Waals surface area contributed by atoms with Crippen LogP contribution in [0.4, 0.5) is 0 Å². The van der Waals surface area contributed by atoms with Gasteiger partial charge in [-0.1, -0.05) is 48.9 Å². The van der Waals surface area contributed by atoms with Crippen molar-refractivity contribution < 1.29 is 9.53 Å². The van der Waals surface area contributed by atoms with Crippen molar-refractivity contribution in [2.75, 3.05) is 13.7 Å². The number of fused-ring (bicyclic) bond motifs is 1. The van der Waals surface area contributed by atoms with E-state index >= 15 is 0 Å². The molecule has 3 heteroatoms. The summed E-state index contributed by atoms with van der Waals surface area (Å²) in [6.07, 6.45) is 3.36. The molecule has 0 amide bonds. The van der Waals surface area contributed by atoms with Crippen LogP contribution in [-0.2, 0) is 9.53 Å². The molecule has 1 N–H and O–H groups in total. The molecule has 110 valence electrons. The topological polar surface area (TPSA) is 38.3 Å². The van der Waals surface area contributed by atoms with E-state index in [1.807, 2.05) is 18.2 Å². The van der Waals surface area contributed by atoms with E-state index in [1.165, 1.54) is 18.9 Å². The first-order chi connectivity index (χ1) is 10.3. The van der Waals surface area contributed by atoms with Gasteiger partial charge in [-0.25, -0.2) is 0 Å². The minimum Gasteiger partial charge on any atom is -0.469 e. The first-order valence-corrected chi connectivity index (χ1v) is 7.60. The molecule has 2 atom stereocenters. The molecule has 0 spiro atoms. The SMILES string of the molecule is COC(=O)[C@H](c1cccc2ccccc12)[C@@H]1CCCCN1. The van der Waals surface area contributed by atoms with Gasteiger partial charge < -0.3 is 10.1 Å². The minimum atomic E-state index is -0.235. The number of carbonyl (C=O) groups excluding carboxylic acids is 1. The van der Waals surface area contributed by atoms with Crippen molar-refractivity contribution >= 4 is 16.7 Å². The van der Waals surface area contributed by atoms with Gasteiger partial charge in [0.2, 0.25) is 0 Å². The molecule has 2 aromatic rings. The van der Waals surface area contributed by atoms with Gasteiger partial charge in [-0.05, 0) is 35.7 Å². The number of hydrogen-bond acceptors (Lipinski definition) is 3. The Labute approximate surface area is 125 Å². The third-order valence-corrected chi connectivity index (χ3v) is 4.36. The fraction of sp³-hybridized carbons (Fsp3) is 0.389. The lowest BCUT2D eigenvalue weighted by Gasteiger charge is -2.30. The van der Waals surface area contributed by atoms with Gasteiger partial charge in [0.25, 0.3) is 0 Å². The number of benzene rings is 2. The van der Waals surface area contributed by atoms with Crippen molar-refractivity contribution in [2.45, 2.75) is 31.2 Å². The van der Waals surface area contributed by atoms with Crippen molar-refractivity contribution in [1.82, 2.24) is 5.32 Å². The van der Waals surface area contributed by atoms with Crippen LogP contribution in [0.3, 0.4) is 0 Å². The quantitative estimate of drug-likeness (QED) is 0.879. The van der Waals surface area contributed by atoms with Crippen molar-refractivity contribution in [1.29, 1.82) is 0 Å². The molecular formula is C18H21NO2. The summed E-state index contributed by atoms with van der Waals surface area (Å²) in [6.45, 7) is 0.975. The van der Waals surface area contributed by atoms with Gasteiger partial charge in [0.05, 0.1) is 13.0 Å². The number of methoxy groups -OCH3 is 1. The standard InChI is InChI=1S/C18H21NO2/c1-21-18(20)17(16-11-4-5-12-19-16)15-10-6-8-13-7-2-3-9-14(13)15/h2-3,6-10,16-17,19H,4-5,11-12H2,1H3/t16-,17+/m0/s1. The Morgan fingerprint density at radius 1 is 1.19 bits per heavy atom. The van der Waals surface area contributed by atoms with Gasteiger partial charge in [0, 0.05) is 6.04 Å². The maximum atomic E-state index is 12.4. The minimum absolute atomic E-state index is 0.147. The Bertz CT molecular complexity index is 627. The highest BCUT2D eigenvalue weighted by Gasteiger charge is 2.32. The molecule has 0 bridgehead atoms. The van der Waals surface area contributed by atoms with E-state index in [2.05, 4.69) is 29.6 Å². The summed E-state index contributed by atoms with van der Waals surface area (Å²) in [5.74, 6) is -0.382. The van der Waals surface area contributed by atoms with E-state index in [0.717, 1.165) is 30.3 Å². The van der Waals surface area contributed by atoms with Gasteiger partial charge >= 0.3 is 5.97 Å². The lowest BCUT2D eigenvalue weighted by atomic mass is 9.84. The fourth-order valence-corrected chi connectivity index (χ4v) is 3.32. The van der Waals surface area contributed by atoms with Crippen molar-refractivity contribution in [3.05, 3.63) is 48.0 Å². The van der Waals surface area contributed by atoms with Crippen LogP contribution in [-0.4, -0.2) is 25.7 Å². The highest BCUT2D eigenvalue weighted by atomic mass is 16.5. The zero-order valence-corrected chi connectivity index (χ0v) is 12.3. The largest absolute Gasteiger partial charge is 0.469 e. The Morgan fingerprint density at radius 3 is 2.76 bits per heavy atom. The molecule has 1 aliphatic heterocycles. The summed E-state index contributed by atoms with van der Waals surface area (Å²) in [5.41, 5.74) is 1.07. The molecule has 1 saturated heterocycles. The number of piperidine rings is 1. The van der Waals surface area contributed by atoms with Gasteiger partial charge in [-0.3, -0.25) is 4.79 Å². The number of nitrogens with one attached hydrogen (secondary N) is 1. The van der Waals surface area contributed by atoms with Crippen LogP contribution in [0.1, 0.15) is 30.7 Å². The third kappa shape index (κ3) is 2.79. The van der Waals surface area contributed by atoms with Crippen LogP contribution in [0.2, 0.25) is 0 Å². The van der Waals surface area contributed by atoms with Crippen molar-refractivity contribution in [3.63, 3.8) is 0 Å². The summed E-state index contributed by atoms with van der Waals surface area (Å²) < 4.78 is 5.09. The average Bonchev–Trinajstić information content (AvgIpc) is 2.56. The molecule has 3 rings (SSSR count). The summed E-state index contributed by atoms with van der Waals surface area (Å²) in [7, 11) is 1.48. The van der Waals surface area contributed by atoms with Crippen LogP contribution in [0.5, 0.6) is 0 Å². The molecule has 1 aliphatic rings. The van der Waals surface area contributed by atoms with E-state index < -0.39 is 0 Å². The van der Waals surface area contributed by atoms with Crippen molar-refractivity contribution in [2.24, 2.45) is 0 Å². The molecule has 0 radical (unpaired) electrons. The van der Waals surface area contributed by atoms with E-state index in [1.54, 1.807) is 0 Å². The second kappa shape index (κ2) is 6.27. The van der Waals surface area contributed by atoms with Gasteiger partial charge in [-0.2, -0.15) is 0 Å². The van der Waals surface area contributed by atoms with Crippen LogP contribution in [0.25, 0.3) is 10.8 Å². The summed E-state index contributed by atoms with van der Waals surface area (Å²) in [6, 6.07) is 14.5. The highest BCUT2D eigenvalue weighted by Crippen LogP contribution is 2.31. The Morgan fingerprint density at radius 2 is 2.00 bits per heavy atom. The number of rotatable bonds is 3. The molecule has 21 heavy (non-hydrogen) atoms. The maximum Gasteiger partial charge on any atom is 0.314 e. The normalized spacial score (nSPS) is 20.1. The fourth-order valence-electron chi connectivity index (χ4n) is 3.32. The second-order valence-corrected chi connectivity index (χ2v) is 5.63. The highest BCUT2D eigenvalue weighted by molar-refractivity contribution is 5.91. The average molecular weight is 283 g/mol. The van der Waals surface area contributed by atoms with Crippen LogP contribution >= 0.6 is 0 Å². The summed E-state index contributed by atoms with van der Waals surface area (Å²) in [5, 5.41) is 5.80. The monoisotopic (exact) mass is 283 g/mol. The van der Waals surface area contributed by atoms with Crippen LogP contribution in [0.15, 0.2) is 42.5 Å². The Kier molecular flexibility index (Phi) is 4.20. The van der Waals surface area contributed by atoms with Gasteiger partial charge in [-0.15, -0.1) is 0 Å². The molecule has 0 unspecified atom stereocenters. The first kappa shape index (κ1) is 14.1. The van der Waals surface area contributed by atoms with E-state index in [0.29, 0.717) is 0 Å². The third-order valence-electron chi connectivity index (χ3n) is 4.36. The molecule has 2 aromatic carbocycles. The Balaban J connectivity index is 2.07. The molecule has 0 aromatic heterocycles. The molecule has 1 heterocycles. The van der Waals surface area contributed by atoms with Gasteiger partial charge in [0.15, 0.2) is 0 Å². The number of ether oxygens (including phenoxy) is 1. The predicted octanol–water partition coefficient (Wildman–Crippen LogP) is 3.24. The zero-order valence-electron chi connectivity index (χ0n) is 12.3. The molecule has 0 saturated carbocycles. The number of esters is 1. The number of carbonyl (C=O) groups is 1. The van der Waals surface area contributed by atoms with Crippen LogP contribution in [0, 0.1) is 0 Å². The van der Waals surface area contributed by atoms with E-state index in [9.17, 15) is 4.79 Å². The molecular weight excluding hydrogens is 262 g/mol. The lowest BCUT2D eigenvalue weighted by Crippen LogP contribution is -2.42. The first-order valence-electron chi connectivity index (χ1n) is 7.60. The lowest BCUT2D eigenvalue weighted by molar-refractivity contribution is -0.143. The molecule has 0 aliphatic carbocycles. The van der Waals surface area contributed by atoms with E-state index in [4.69, 9.17) is 4.74 Å². The predicted molar refractivity (Wildman–Crippen MR) is 84.3 cm³/mol. The van der Waals surface area contributed by atoms with Gasteiger partial charge in [0.1, 0.15) is 0 Å². The maximum absolute atomic E-state index is 12.4. The number of hydrogen-bond donors (Lipinski definition) is 1. The van der Waals surface area contributed by atoms with Crippen LogP contribution < -0.4 is 5.32 Å². The molecule has 3 nitrogen and oxygen atoms in total. The zero-order chi connectivity index (χ0) is 14.7. The smallest absolute Gasteiger partial charge is 0.314 e. The molecule has 1 fully saturated rings. The van der Waals surface area contributed by atoms with E-state index in [-0.39, 0.29) is 17.9 Å². The Hall–Kier alpha value is -1.87. The second-order valence-electron chi connectivity index (χ2n) is 5.63. The summed E-state index contributed by atoms with van der Waals surface area (Å²) in [4.78, 5) is 12.4.